The smallest absolute Gasteiger partial charge is 0.317 e. The van der Waals surface area contributed by atoms with Gasteiger partial charge in [-0.2, -0.15) is 0 Å². The van der Waals surface area contributed by atoms with Crippen LogP contribution < -0.4 is 5.32 Å². The predicted molar refractivity (Wildman–Crippen MR) is 104 cm³/mol. The lowest BCUT2D eigenvalue weighted by molar-refractivity contribution is 0.195. The number of benzene rings is 1. The fourth-order valence-corrected chi connectivity index (χ4v) is 4.01. The molecule has 1 aromatic heterocycles. The van der Waals surface area contributed by atoms with Crippen LogP contribution in [0.3, 0.4) is 0 Å². The van der Waals surface area contributed by atoms with Crippen molar-refractivity contribution in [2.75, 3.05) is 13.1 Å². The average molecular weight is 358 g/mol. The summed E-state index contributed by atoms with van der Waals surface area (Å²) in [6, 6.07) is 8.43. The number of carbonyl (C=O) groups is 1. The zero-order chi connectivity index (χ0) is 18.0. The third kappa shape index (κ3) is 4.40. The van der Waals surface area contributed by atoms with Crippen LogP contribution in [0.2, 0.25) is 0 Å². The summed E-state index contributed by atoms with van der Waals surface area (Å²) in [4.78, 5) is 20.3. The molecule has 1 N–H and O–H groups in total. The second-order valence-electron chi connectivity index (χ2n) is 6.99. The Labute approximate surface area is 154 Å². The molecular formula is C20H27N3OS. The van der Waals surface area contributed by atoms with Crippen LogP contribution in [0.15, 0.2) is 24.3 Å². The lowest BCUT2D eigenvalue weighted by Gasteiger charge is -2.23. The molecule has 3 rings (SSSR count). The summed E-state index contributed by atoms with van der Waals surface area (Å²) in [5.41, 5.74) is 3.37. The van der Waals surface area contributed by atoms with E-state index in [0.717, 1.165) is 34.2 Å². The van der Waals surface area contributed by atoms with Crippen LogP contribution in [-0.2, 0) is 0 Å². The largest absolute Gasteiger partial charge is 0.331 e. The van der Waals surface area contributed by atoms with Gasteiger partial charge in [-0.1, -0.05) is 29.8 Å². The number of nitrogens with zero attached hydrogens (tertiary/aromatic N) is 2. The van der Waals surface area contributed by atoms with Crippen LogP contribution in [0, 0.1) is 19.8 Å². The number of nitrogens with one attached hydrogen (secondary N) is 1. The summed E-state index contributed by atoms with van der Waals surface area (Å²) in [5, 5.41) is 4.17. The first-order valence-electron chi connectivity index (χ1n) is 9.07. The Morgan fingerprint density at radius 2 is 2.00 bits per heavy atom. The van der Waals surface area contributed by atoms with E-state index < -0.39 is 0 Å². The van der Waals surface area contributed by atoms with Crippen molar-refractivity contribution in [1.82, 2.24) is 15.2 Å². The molecule has 134 valence electrons. The molecule has 0 bridgehead atoms. The highest BCUT2D eigenvalue weighted by Crippen LogP contribution is 2.32. The van der Waals surface area contributed by atoms with Gasteiger partial charge in [0, 0.05) is 18.7 Å². The fourth-order valence-electron chi connectivity index (χ4n) is 2.94. The molecule has 0 spiro atoms. The second-order valence-corrected chi connectivity index (χ2v) is 8.02. The van der Waals surface area contributed by atoms with Crippen LogP contribution in [0.5, 0.6) is 0 Å². The Balaban J connectivity index is 1.70. The van der Waals surface area contributed by atoms with Crippen molar-refractivity contribution < 1.29 is 4.79 Å². The van der Waals surface area contributed by atoms with Gasteiger partial charge in [0.1, 0.15) is 5.01 Å². The molecule has 0 radical (unpaired) electrons. The molecule has 0 aliphatic heterocycles. The molecule has 2 aromatic rings. The van der Waals surface area contributed by atoms with E-state index in [2.05, 4.69) is 36.5 Å². The van der Waals surface area contributed by atoms with Gasteiger partial charge < -0.3 is 10.2 Å². The highest BCUT2D eigenvalue weighted by atomic mass is 32.1. The Bertz CT molecular complexity index is 734. The zero-order valence-corrected chi connectivity index (χ0v) is 16.3. The number of rotatable bonds is 6. The average Bonchev–Trinajstić information content (AvgIpc) is 3.33. The monoisotopic (exact) mass is 357 g/mol. The van der Waals surface area contributed by atoms with Crippen LogP contribution in [0.4, 0.5) is 4.79 Å². The summed E-state index contributed by atoms with van der Waals surface area (Å²) in [5.74, 6) is 0.708. The molecule has 1 saturated carbocycles. The van der Waals surface area contributed by atoms with Crippen LogP contribution >= 0.6 is 11.3 Å². The highest BCUT2D eigenvalue weighted by molar-refractivity contribution is 7.15. The highest BCUT2D eigenvalue weighted by Gasteiger charge is 2.27. The number of amides is 2. The molecule has 1 atom stereocenters. The minimum absolute atomic E-state index is 0.0301. The molecule has 1 aliphatic carbocycles. The molecule has 1 heterocycles. The van der Waals surface area contributed by atoms with Crippen molar-refractivity contribution in [3.8, 4) is 10.6 Å². The number of thiazole rings is 1. The van der Waals surface area contributed by atoms with E-state index >= 15 is 0 Å². The molecule has 1 fully saturated rings. The van der Waals surface area contributed by atoms with E-state index in [1.54, 1.807) is 11.3 Å². The van der Waals surface area contributed by atoms with Crippen molar-refractivity contribution in [3.63, 3.8) is 0 Å². The number of hydrogen-bond donors (Lipinski definition) is 1. The summed E-state index contributed by atoms with van der Waals surface area (Å²) in [6.07, 6.45) is 2.51. The zero-order valence-electron chi connectivity index (χ0n) is 15.5. The van der Waals surface area contributed by atoms with E-state index in [-0.39, 0.29) is 12.1 Å². The van der Waals surface area contributed by atoms with E-state index in [9.17, 15) is 4.79 Å². The third-order valence-corrected chi connectivity index (χ3v) is 6.10. The number of aromatic nitrogens is 1. The molecule has 1 aliphatic rings. The molecule has 2 amide bonds. The summed E-state index contributed by atoms with van der Waals surface area (Å²) in [7, 11) is 0. The van der Waals surface area contributed by atoms with Gasteiger partial charge in [0.15, 0.2) is 0 Å². The second kappa shape index (κ2) is 7.56. The fraction of sp³-hybridized carbons (Fsp3) is 0.500. The van der Waals surface area contributed by atoms with Crippen molar-refractivity contribution in [3.05, 3.63) is 40.4 Å². The maximum Gasteiger partial charge on any atom is 0.317 e. The summed E-state index contributed by atoms with van der Waals surface area (Å²) >= 11 is 1.67. The van der Waals surface area contributed by atoms with Crippen LogP contribution in [-0.4, -0.2) is 29.0 Å². The Morgan fingerprint density at radius 3 is 2.60 bits per heavy atom. The standard InChI is InChI=1S/C20H27N3OS/c1-5-23(12-16-8-9-16)20(24)22-15(4)18-14(3)21-19(25-18)17-10-6-13(2)7-11-17/h6-7,10-11,15-16H,5,8-9,12H2,1-4H3,(H,22,24). The maximum atomic E-state index is 12.5. The Kier molecular flexibility index (Phi) is 5.42. The molecular weight excluding hydrogens is 330 g/mol. The van der Waals surface area contributed by atoms with Gasteiger partial charge in [-0.05, 0) is 46.5 Å². The first-order chi connectivity index (χ1) is 12.0. The van der Waals surface area contributed by atoms with Crippen LogP contribution in [0.25, 0.3) is 10.6 Å². The quantitative estimate of drug-likeness (QED) is 0.797. The first-order valence-corrected chi connectivity index (χ1v) is 9.89. The minimum Gasteiger partial charge on any atom is -0.331 e. The van der Waals surface area contributed by atoms with E-state index in [1.807, 2.05) is 25.7 Å². The van der Waals surface area contributed by atoms with E-state index in [4.69, 9.17) is 4.98 Å². The van der Waals surface area contributed by atoms with Gasteiger partial charge in [-0.15, -0.1) is 11.3 Å². The number of carbonyl (C=O) groups excluding carboxylic acids is 1. The van der Waals surface area contributed by atoms with Crippen molar-refractivity contribution in [1.29, 1.82) is 0 Å². The molecule has 0 saturated heterocycles. The third-order valence-electron chi connectivity index (χ3n) is 4.71. The first kappa shape index (κ1) is 17.9. The van der Waals surface area contributed by atoms with Gasteiger partial charge in [0.05, 0.1) is 16.6 Å². The van der Waals surface area contributed by atoms with Crippen molar-refractivity contribution in [2.45, 2.75) is 46.6 Å². The Hall–Kier alpha value is -1.88. The number of aryl methyl sites for hydroxylation is 2. The predicted octanol–water partition coefficient (Wildman–Crippen LogP) is 4.93. The molecule has 1 unspecified atom stereocenters. The summed E-state index contributed by atoms with van der Waals surface area (Å²) < 4.78 is 0. The SMILES string of the molecule is CCN(CC1CC1)C(=O)NC(C)c1sc(-c2ccc(C)cc2)nc1C. The topological polar surface area (TPSA) is 45.2 Å². The van der Waals surface area contributed by atoms with E-state index in [0.29, 0.717) is 5.92 Å². The normalized spacial score (nSPS) is 15.0. The van der Waals surface area contributed by atoms with E-state index in [1.165, 1.54) is 18.4 Å². The van der Waals surface area contributed by atoms with Gasteiger partial charge in [-0.25, -0.2) is 9.78 Å². The maximum absolute atomic E-state index is 12.5. The van der Waals surface area contributed by atoms with Gasteiger partial charge in [-0.3, -0.25) is 0 Å². The molecule has 25 heavy (non-hydrogen) atoms. The van der Waals surface area contributed by atoms with Crippen molar-refractivity contribution in [2.24, 2.45) is 5.92 Å². The Morgan fingerprint density at radius 1 is 1.32 bits per heavy atom. The number of hydrogen-bond acceptors (Lipinski definition) is 3. The van der Waals surface area contributed by atoms with Gasteiger partial charge in [0.25, 0.3) is 0 Å². The van der Waals surface area contributed by atoms with Crippen molar-refractivity contribution >= 4 is 17.4 Å². The molecule has 4 nitrogen and oxygen atoms in total. The van der Waals surface area contributed by atoms with Crippen LogP contribution in [0.1, 0.15) is 48.9 Å². The van der Waals surface area contributed by atoms with Gasteiger partial charge >= 0.3 is 6.03 Å². The lowest BCUT2D eigenvalue weighted by Crippen LogP contribution is -2.41. The molecule has 1 aromatic carbocycles. The lowest BCUT2D eigenvalue weighted by atomic mass is 10.2. The molecule has 5 heteroatoms. The summed E-state index contributed by atoms with van der Waals surface area (Å²) in [6.45, 7) is 9.83. The number of urea groups is 1. The minimum atomic E-state index is -0.0301. The van der Waals surface area contributed by atoms with Gasteiger partial charge in [0.2, 0.25) is 0 Å².